The average molecular weight is 204 g/mol. The topological polar surface area (TPSA) is 37.3 Å². The van der Waals surface area contributed by atoms with Gasteiger partial charge in [-0.2, -0.15) is 0 Å². The Balaban J connectivity index is 2.92. The molecular weight excluding hydrogens is 192 g/mol. The van der Waals surface area contributed by atoms with E-state index in [0.29, 0.717) is 0 Å². The number of carboxylic acid groups (broad SMARTS) is 1. The van der Waals surface area contributed by atoms with Crippen LogP contribution < -0.4 is 0 Å². The van der Waals surface area contributed by atoms with E-state index in [1.54, 1.807) is 21.6 Å². The first-order valence-corrected chi connectivity index (χ1v) is 6.16. The number of terminal acetylenes is 1. The number of aliphatic carboxylic acids is 1. The van der Waals surface area contributed by atoms with E-state index in [4.69, 9.17) is 11.5 Å². The Bertz CT molecular complexity index is 163. The van der Waals surface area contributed by atoms with Crippen molar-refractivity contribution in [3.63, 3.8) is 0 Å². The van der Waals surface area contributed by atoms with Crippen molar-refractivity contribution in [1.29, 1.82) is 0 Å². The van der Waals surface area contributed by atoms with Crippen molar-refractivity contribution in [2.24, 2.45) is 0 Å². The lowest BCUT2D eigenvalue weighted by atomic mass is 10.3. The first-order chi connectivity index (χ1) is 5.77. The molecule has 0 amide bonds. The highest BCUT2D eigenvalue weighted by Crippen LogP contribution is 2.22. The third-order valence-corrected chi connectivity index (χ3v) is 3.52. The maximum Gasteiger partial charge on any atom is 0.303 e. The summed E-state index contributed by atoms with van der Waals surface area (Å²) in [7, 11) is 3.40. The van der Waals surface area contributed by atoms with Crippen LogP contribution in [0.5, 0.6) is 0 Å². The normalized spacial score (nSPS) is 9.25. The van der Waals surface area contributed by atoms with E-state index in [2.05, 4.69) is 5.92 Å². The number of hydrogen-bond donors (Lipinski definition) is 1. The lowest BCUT2D eigenvalue weighted by Crippen LogP contribution is -1.94. The van der Waals surface area contributed by atoms with Crippen molar-refractivity contribution in [3.8, 4) is 12.3 Å². The van der Waals surface area contributed by atoms with Gasteiger partial charge in [-0.05, 0) is 6.42 Å². The molecule has 0 saturated heterocycles. The monoisotopic (exact) mass is 204 g/mol. The zero-order valence-electron chi connectivity index (χ0n) is 6.78. The van der Waals surface area contributed by atoms with Crippen LogP contribution in [-0.2, 0) is 4.79 Å². The van der Waals surface area contributed by atoms with Crippen LogP contribution in [0.1, 0.15) is 19.3 Å². The van der Waals surface area contributed by atoms with Gasteiger partial charge in [0.1, 0.15) is 0 Å². The number of hydrogen-bond acceptors (Lipinski definition) is 3. The molecule has 0 aliphatic carbocycles. The SMILES string of the molecule is C#CCCSSCCCC(=O)O. The minimum atomic E-state index is -0.718. The molecule has 68 valence electrons. The molecule has 0 fully saturated rings. The minimum absolute atomic E-state index is 0.267. The highest BCUT2D eigenvalue weighted by atomic mass is 33.1. The van der Waals surface area contributed by atoms with E-state index >= 15 is 0 Å². The fourth-order valence-corrected chi connectivity index (χ4v) is 2.51. The Kier molecular flexibility index (Phi) is 8.62. The van der Waals surface area contributed by atoms with Crippen LogP contribution in [-0.4, -0.2) is 22.6 Å². The maximum absolute atomic E-state index is 10.1. The lowest BCUT2D eigenvalue weighted by Gasteiger charge is -1.96. The van der Waals surface area contributed by atoms with Crippen molar-refractivity contribution in [2.75, 3.05) is 11.5 Å². The van der Waals surface area contributed by atoms with Crippen molar-refractivity contribution in [1.82, 2.24) is 0 Å². The Morgan fingerprint density at radius 1 is 1.42 bits per heavy atom. The summed E-state index contributed by atoms with van der Waals surface area (Å²) in [6.07, 6.45) is 6.85. The lowest BCUT2D eigenvalue weighted by molar-refractivity contribution is -0.137. The molecule has 4 heteroatoms. The van der Waals surface area contributed by atoms with E-state index in [0.717, 1.165) is 24.3 Å². The van der Waals surface area contributed by atoms with Crippen LogP contribution >= 0.6 is 21.6 Å². The molecule has 0 rings (SSSR count). The fraction of sp³-hybridized carbons (Fsp3) is 0.625. The zero-order chi connectivity index (χ0) is 9.23. The molecule has 0 aromatic rings. The summed E-state index contributed by atoms with van der Waals surface area (Å²) in [5.41, 5.74) is 0. The molecule has 0 saturated carbocycles. The van der Waals surface area contributed by atoms with Crippen molar-refractivity contribution >= 4 is 27.6 Å². The fourth-order valence-electron chi connectivity index (χ4n) is 0.501. The van der Waals surface area contributed by atoms with Gasteiger partial charge < -0.3 is 5.11 Å². The molecule has 0 aromatic heterocycles. The smallest absolute Gasteiger partial charge is 0.303 e. The number of rotatable bonds is 7. The average Bonchev–Trinajstić information content (AvgIpc) is 2.02. The molecule has 0 heterocycles. The summed E-state index contributed by atoms with van der Waals surface area (Å²) in [5.74, 6) is 3.67. The zero-order valence-corrected chi connectivity index (χ0v) is 8.42. The van der Waals surface area contributed by atoms with Crippen molar-refractivity contribution in [2.45, 2.75) is 19.3 Å². The molecule has 0 aliphatic rings. The van der Waals surface area contributed by atoms with Gasteiger partial charge in [0.2, 0.25) is 0 Å². The Hall–Kier alpha value is -0.270. The third kappa shape index (κ3) is 9.73. The highest BCUT2D eigenvalue weighted by molar-refractivity contribution is 8.76. The molecule has 0 aromatic carbocycles. The molecule has 0 atom stereocenters. The van der Waals surface area contributed by atoms with Crippen molar-refractivity contribution < 1.29 is 9.90 Å². The predicted molar refractivity (Wildman–Crippen MR) is 55.2 cm³/mol. The van der Waals surface area contributed by atoms with E-state index in [1.165, 1.54) is 0 Å². The molecule has 12 heavy (non-hydrogen) atoms. The molecule has 0 bridgehead atoms. The van der Waals surface area contributed by atoms with Crippen LogP contribution in [0.4, 0.5) is 0 Å². The second kappa shape index (κ2) is 8.82. The summed E-state index contributed by atoms with van der Waals surface area (Å²) in [5, 5.41) is 8.31. The second-order valence-corrected chi connectivity index (χ2v) is 4.80. The number of carbonyl (C=O) groups is 1. The Morgan fingerprint density at radius 2 is 2.08 bits per heavy atom. The van der Waals surface area contributed by atoms with E-state index < -0.39 is 5.97 Å². The minimum Gasteiger partial charge on any atom is -0.481 e. The molecule has 0 aliphatic heterocycles. The molecule has 0 unspecified atom stereocenters. The summed E-state index contributed by atoms with van der Waals surface area (Å²) < 4.78 is 0. The molecule has 0 spiro atoms. The van der Waals surface area contributed by atoms with Gasteiger partial charge in [-0.3, -0.25) is 4.79 Å². The van der Waals surface area contributed by atoms with E-state index in [1.807, 2.05) is 0 Å². The van der Waals surface area contributed by atoms with Crippen LogP contribution in [0.2, 0.25) is 0 Å². The predicted octanol–water partition coefficient (Wildman–Crippen LogP) is 2.26. The summed E-state index contributed by atoms with van der Waals surface area (Å²) in [6.45, 7) is 0. The summed E-state index contributed by atoms with van der Waals surface area (Å²) in [4.78, 5) is 10.1. The van der Waals surface area contributed by atoms with Crippen LogP contribution in [0.15, 0.2) is 0 Å². The van der Waals surface area contributed by atoms with Gasteiger partial charge in [0.25, 0.3) is 0 Å². The van der Waals surface area contributed by atoms with Crippen LogP contribution in [0.25, 0.3) is 0 Å². The molecule has 0 radical (unpaired) electrons. The highest BCUT2D eigenvalue weighted by Gasteiger charge is 1.96. The van der Waals surface area contributed by atoms with Crippen LogP contribution in [0.3, 0.4) is 0 Å². The first kappa shape index (κ1) is 11.7. The summed E-state index contributed by atoms with van der Waals surface area (Å²) in [6, 6.07) is 0. The van der Waals surface area contributed by atoms with E-state index in [-0.39, 0.29) is 6.42 Å². The second-order valence-electron chi connectivity index (χ2n) is 2.10. The molecular formula is C8H12O2S2. The van der Waals surface area contributed by atoms with Crippen LogP contribution in [0, 0.1) is 12.3 Å². The molecule has 2 nitrogen and oxygen atoms in total. The van der Waals surface area contributed by atoms with E-state index in [9.17, 15) is 4.79 Å². The third-order valence-electron chi connectivity index (χ3n) is 1.03. The van der Waals surface area contributed by atoms with Gasteiger partial charge in [0.05, 0.1) is 0 Å². The van der Waals surface area contributed by atoms with Gasteiger partial charge in [-0.1, -0.05) is 21.6 Å². The molecule has 1 N–H and O–H groups in total. The van der Waals surface area contributed by atoms with Gasteiger partial charge in [0.15, 0.2) is 0 Å². The summed E-state index contributed by atoms with van der Waals surface area (Å²) >= 11 is 0. The van der Waals surface area contributed by atoms with Crippen molar-refractivity contribution in [3.05, 3.63) is 0 Å². The number of carboxylic acids is 1. The maximum atomic E-state index is 10.1. The largest absolute Gasteiger partial charge is 0.481 e. The van der Waals surface area contributed by atoms with Gasteiger partial charge in [-0.25, -0.2) is 0 Å². The quantitative estimate of drug-likeness (QED) is 0.392. The van der Waals surface area contributed by atoms with Gasteiger partial charge in [0, 0.05) is 24.3 Å². The standard InChI is InChI=1S/C8H12O2S2/c1-2-3-6-11-12-7-4-5-8(9)10/h1H,3-7H2,(H,9,10). The first-order valence-electron chi connectivity index (χ1n) is 3.67. The van der Waals surface area contributed by atoms with Gasteiger partial charge >= 0.3 is 5.97 Å². The van der Waals surface area contributed by atoms with Gasteiger partial charge in [-0.15, -0.1) is 12.3 Å². The Labute approximate surface area is 80.9 Å². The Morgan fingerprint density at radius 3 is 2.67 bits per heavy atom.